The first-order valence-electron chi connectivity index (χ1n) is 7.05. The van der Waals surface area contributed by atoms with E-state index in [9.17, 15) is 14.0 Å². The summed E-state index contributed by atoms with van der Waals surface area (Å²) in [7, 11) is 0. The Labute approximate surface area is 123 Å². The SMILES string of the molecule is CCCCCN(CCO)C(=O)C(=O)Nc1ccccc1F. The second-order valence-electron chi connectivity index (χ2n) is 4.66. The number of benzene rings is 1. The average molecular weight is 296 g/mol. The van der Waals surface area contributed by atoms with Crippen LogP contribution in [-0.4, -0.2) is 41.5 Å². The summed E-state index contributed by atoms with van der Waals surface area (Å²) >= 11 is 0. The Morgan fingerprint density at radius 2 is 1.95 bits per heavy atom. The van der Waals surface area contributed by atoms with E-state index in [2.05, 4.69) is 5.32 Å². The molecule has 0 spiro atoms. The molecule has 0 aliphatic heterocycles. The molecule has 2 N–H and O–H groups in total. The van der Waals surface area contributed by atoms with Crippen LogP contribution in [0.15, 0.2) is 24.3 Å². The zero-order chi connectivity index (χ0) is 15.7. The van der Waals surface area contributed by atoms with E-state index in [0.29, 0.717) is 6.54 Å². The standard InChI is InChI=1S/C15H21FN2O3/c1-2-3-6-9-18(10-11-19)15(21)14(20)17-13-8-5-4-7-12(13)16/h4-5,7-8,19H,2-3,6,9-11H2,1H3,(H,17,20). The highest BCUT2D eigenvalue weighted by Crippen LogP contribution is 2.12. The lowest BCUT2D eigenvalue weighted by Gasteiger charge is -2.21. The fourth-order valence-electron chi connectivity index (χ4n) is 1.87. The Morgan fingerprint density at radius 3 is 2.57 bits per heavy atom. The van der Waals surface area contributed by atoms with Gasteiger partial charge in [-0.15, -0.1) is 0 Å². The predicted molar refractivity (Wildman–Crippen MR) is 78.2 cm³/mol. The van der Waals surface area contributed by atoms with Crippen molar-refractivity contribution in [2.75, 3.05) is 25.0 Å². The van der Waals surface area contributed by atoms with Crippen LogP contribution in [0.5, 0.6) is 0 Å². The Morgan fingerprint density at radius 1 is 1.24 bits per heavy atom. The van der Waals surface area contributed by atoms with Crippen LogP contribution in [0.2, 0.25) is 0 Å². The van der Waals surface area contributed by atoms with E-state index in [1.165, 1.54) is 23.1 Å². The second kappa shape index (κ2) is 9.07. The minimum absolute atomic E-state index is 0.0339. The minimum atomic E-state index is -0.898. The number of aliphatic hydroxyl groups excluding tert-OH is 1. The molecule has 0 aliphatic rings. The van der Waals surface area contributed by atoms with Gasteiger partial charge in [0.05, 0.1) is 12.3 Å². The Hall–Kier alpha value is -1.95. The van der Waals surface area contributed by atoms with Gasteiger partial charge in [-0.25, -0.2) is 4.39 Å². The topological polar surface area (TPSA) is 69.6 Å². The maximum absolute atomic E-state index is 13.4. The summed E-state index contributed by atoms with van der Waals surface area (Å²) in [5.74, 6) is -2.26. The zero-order valence-electron chi connectivity index (χ0n) is 12.1. The molecule has 1 aromatic carbocycles. The van der Waals surface area contributed by atoms with Crippen LogP contribution in [-0.2, 0) is 9.59 Å². The van der Waals surface area contributed by atoms with Crippen LogP contribution in [0.25, 0.3) is 0 Å². The van der Waals surface area contributed by atoms with E-state index < -0.39 is 17.6 Å². The molecule has 5 nitrogen and oxygen atoms in total. The lowest BCUT2D eigenvalue weighted by molar-refractivity contribution is -0.143. The summed E-state index contributed by atoms with van der Waals surface area (Å²) in [4.78, 5) is 25.2. The normalized spacial score (nSPS) is 10.2. The smallest absolute Gasteiger partial charge is 0.313 e. The maximum Gasteiger partial charge on any atom is 0.313 e. The largest absolute Gasteiger partial charge is 0.395 e. The zero-order valence-corrected chi connectivity index (χ0v) is 12.1. The van der Waals surface area contributed by atoms with E-state index in [1.807, 2.05) is 6.92 Å². The van der Waals surface area contributed by atoms with Crippen molar-refractivity contribution in [1.82, 2.24) is 4.90 Å². The number of hydrogen-bond donors (Lipinski definition) is 2. The molecule has 0 heterocycles. The van der Waals surface area contributed by atoms with Crippen molar-refractivity contribution in [3.05, 3.63) is 30.1 Å². The molecule has 0 bridgehead atoms. The fraction of sp³-hybridized carbons (Fsp3) is 0.467. The van der Waals surface area contributed by atoms with Crippen LogP contribution in [0.4, 0.5) is 10.1 Å². The summed E-state index contributed by atoms with van der Waals surface area (Å²) in [6.45, 7) is 2.30. The highest BCUT2D eigenvalue weighted by atomic mass is 19.1. The van der Waals surface area contributed by atoms with E-state index in [-0.39, 0.29) is 18.8 Å². The van der Waals surface area contributed by atoms with Crippen molar-refractivity contribution in [2.45, 2.75) is 26.2 Å². The molecular formula is C15H21FN2O3. The third kappa shape index (κ3) is 5.51. The molecule has 0 saturated carbocycles. The first-order valence-corrected chi connectivity index (χ1v) is 7.05. The maximum atomic E-state index is 13.4. The highest BCUT2D eigenvalue weighted by molar-refractivity contribution is 6.39. The molecule has 21 heavy (non-hydrogen) atoms. The van der Waals surface area contributed by atoms with Gasteiger partial charge < -0.3 is 15.3 Å². The number of hydrogen-bond acceptors (Lipinski definition) is 3. The Balaban J connectivity index is 2.65. The van der Waals surface area contributed by atoms with Gasteiger partial charge in [-0.2, -0.15) is 0 Å². The number of carbonyl (C=O) groups excluding carboxylic acids is 2. The van der Waals surface area contributed by atoms with Gasteiger partial charge in [-0.05, 0) is 18.6 Å². The van der Waals surface area contributed by atoms with Crippen LogP contribution < -0.4 is 5.32 Å². The number of anilines is 1. The molecule has 0 saturated heterocycles. The molecule has 0 aliphatic carbocycles. The fourth-order valence-corrected chi connectivity index (χ4v) is 1.87. The molecule has 0 atom stereocenters. The number of para-hydroxylation sites is 1. The number of nitrogens with one attached hydrogen (secondary N) is 1. The van der Waals surface area contributed by atoms with Gasteiger partial charge in [-0.3, -0.25) is 9.59 Å². The number of halogens is 1. The molecule has 6 heteroatoms. The van der Waals surface area contributed by atoms with Crippen molar-refractivity contribution in [2.24, 2.45) is 0 Å². The van der Waals surface area contributed by atoms with Gasteiger partial charge in [0.1, 0.15) is 5.82 Å². The first kappa shape index (κ1) is 17.1. The quantitative estimate of drug-likeness (QED) is 0.595. The molecule has 1 rings (SSSR count). The van der Waals surface area contributed by atoms with Gasteiger partial charge in [0, 0.05) is 13.1 Å². The van der Waals surface area contributed by atoms with Crippen molar-refractivity contribution in [3.8, 4) is 0 Å². The molecule has 0 fully saturated rings. The number of nitrogens with zero attached hydrogens (tertiary/aromatic N) is 1. The van der Waals surface area contributed by atoms with Crippen molar-refractivity contribution in [3.63, 3.8) is 0 Å². The third-order valence-corrected chi connectivity index (χ3v) is 3.01. The molecule has 1 aromatic rings. The molecule has 0 radical (unpaired) electrons. The van der Waals surface area contributed by atoms with Gasteiger partial charge >= 0.3 is 11.8 Å². The lowest BCUT2D eigenvalue weighted by Crippen LogP contribution is -2.41. The van der Waals surface area contributed by atoms with Crippen LogP contribution in [0.1, 0.15) is 26.2 Å². The third-order valence-electron chi connectivity index (χ3n) is 3.01. The van der Waals surface area contributed by atoms with Gasteiger partial charge in [-0.1, -0.05) is 31.9 Å². The number of unbranched alkanes of at least 4 members (excludes halogenated alkanes) is 2. The van der Waals surface area contributed by atoms with E-state index in [4.69, 9.17) is 5.11 Å². The molecular weight excluding hydrogens is 275 g/mol. The van der Waals surface area contributed by atoms with Gasteiger partial charge in [0.15, 0.2) is 0 Å². The Kier molecular flexibility index (Phi) is 7.39. The summed E-state index contributed by atoms with van der Waals surface area (Å²) in [6, 6.07) is 5.65. The molecule has 0 aromatic heterocycles. The average Bonchev–Trinajstić information content (AvgIpc) is 2.48. The minimum Gasteiger partial charge on any atom is -0.395 e. The number of amides is 2. The highest BCUT2D eigenvalue weighted by Gasteiger charge is 2.21. The van der Waals surface area contributed by atoms with Crippen LogP contribution >= 0.6 is 0 Å². The lowest BCUT2D eigenvalue weighted by atomic mass is 10.2. The molecule has 2 amide bonds. The van der Waals surface area contributed by atoms with E-state index >= 15 is 0 Å². The van der Waals surface area contributed by atoms with Crippen LogP contribution in [0.3, 0.4) is 0 Å². The number of aliphatic hydroxyl groups is 1. The number of rotatable bonds is 7. The summed E-state index contributed by atoms with van der Waals surface area (Å²) in [6.07, 6.45) is 2.68. The molecule has 0 unspecified atom stereocenters. The van der Waals surface area contributed by atoms with Gasteiger partial charge in [0.2, 0.25) is 0 Å². The van der Waals surface area contributed by atoms with E-state index in [0.717, 1.165) is 19.3 Å². The van der Waals surface area contributed by atoms with Crippen LogP contribution in [0, 0.1) is 5.82 Å². The summed E-state index contributed by atoms with van der Waals surface area (Å²) < 4.78 is 13.4. The summed E-state index contributed by atoms with van der Waals surface area (Å²) in [5.41, 5.74) is -0.0339. The van der Waals surface area contributed by atoms with Crippen molar-refractivity contribution in [1.29, 1.82) is 0 Å². The monoisotopic (exact) mass is 296 g/mol. The van der Waals surface area contributed by atoms with Crippen molar-refractivity contribution < 1.29 is 19.1 Å². The molecule has 116 valence electrons. The van der Waals surface area contributed by atoms with E-state index in [1.54, 1.807) is 6.07 Å². The van der Waals surface area contributed by atoms with Gasteiger partial charge in [0.25, 0.3) is 0 Å². The second-order valence-corrected chi connectivity index (χ2v) is 4.66. The number of carbonyl (C=O) groups is 2. The Bertz CT molecular complexity index is 480. The predicted octanol–water partition coefficient (Wildman–Crippen LogP) is 1.78. The summed E-state index contributed by atoms with van der Waals surface area (Å²) in [5, 5.41) is 11.2. The van der Waals surface area contributed by atoms with Crippen molar-refractivity contribution >= 4 is 17.5 Å². The first-order chi connectivity index (χ1) is 10.1.